The minimum Gasteiger partial charge on any atom is -0.480 e. The van der Waals surface area contributed by atoms with Crippen LogP contribution < -0.4 is 5.73 Å². The molecule has 0 aromatic heterocycles. The predicted octanol–water partition coefficient (Wildman–Crippen LogP) is -0.00220. The average Bonchev–Trinajstić information content (AvgIpc) is 2.87. The van der Waals surface area contributed by atoms with Crippen LogP contribution in [0.2, 0.25) is 6.32 Å². The fourth-order valence-corrected chi connectivity index (χ4v) is 4.48. The third-order valence-corrected chi connectivity index (χ3v) is 5.61. The second-order valence-corrected chi connectivity index (χ2v) is 7.08. The Morgan fingerprint density at radius 3 is 2.57 bits per heavy atom. The molecule has 0 amide bonds. The average molecular weight is 298 g/mol. The Kier molecular flexibility index (Phi) is 4.98. The maximum absolute atomic E-state index is 11.6. The Balaban J connectivity index is 2.08. The number of nitrogens with zero attached hydrogens (tertiary/aromatic N) is 1. The maximum Gasteiger partial charge on any atom is 0.451 e. The van der Waals surface area contributed by atoms with Gasteiger partial charge in [-0.3, -0.25) is 4.79 Å². The number of fused-ring (bicyclic) bond motifs is 1. The van der Waals surface area contributed by atoms with E-state index in [0.29, 0.717) is 37.1 Å². The van der Waals surface area contributed by atoms with Crippen molar-refractivity contribution < 1.29 is 19.9 Å². The van der Waals surface area contributed by atoms with E-state index in [0.717, 1.165) is 12.8 Å². The van der Waals surface area contributed by atoms with E-state index >= 15 is 0 Å². The summed E-state index contributed by atoms with van der Waals surface area (Å²) < 4.78 is 0. The van der Waals surface area contributed by atoms with Crippen LogP contribution >= 0.6 is 0 Å². The van der Waals surface area contributed by atoms with E-state index in [1.54, 1.807) is 0 Å². The summed E-state index contributed by atoms with van der Waals surface area (Å²) in [7, 11) is 2.81. The number of rotatable bonds is 6. The Hall–Kier alpha value is -0.625. The molecule has 2 saturated carbocycles. The van der Waals surface area contributed by atoms with Crippen molar-refractivity contribution in [2.45, 2.75) is 50.0 Å². The lowest BCUT2D eigenvalue weighted by atomic mass is 9.75. The minimum atomic E-state index is -1.32. The molecule has 7 heteroatoms. The molecule has 0 saturated heterocycles. The van der Waals surface area contributed by atoms with E-state index in [1.807, 2.05) is 0 Å². The largest absolute Gasteiger partial charge is 0.480 e. The predicted molar refractivity (Wildman–Crippen MR) is 80.6 cm³/mol. The summed E-state index contributed by atoms with van der Waals surface area (Å²) in [5.74, 6) is -0.256. The lowest BCUT2D eigenvalue weighted by molar-refractivity contribution is -0.145. The summed E-state index contributed by atoms with van der Waals surface area (Å²) in [6, 6.07) is 0.504. The lowest BCUT2D eigenvalue weighted by Crippen LogP contribution is -2.52. The van der Waals surface area contributed by atoms with Crippen LogP contribution in [-0.4, -0.2) is 58.8 Å². The second kappa shape index (κ2) is 6.24. The highest BCUT2D eigenvalue weighted by atomic mass is 16.4. The van der Waals surface area contributed by atoms with E-state index in [-0.39, 0.29) is 12.2 Å². The highest BCUT2D eigenvalue weighted by Crippen LogP contribution is 2.54. The standard InChI is InChI=1S/C14H27BN2O4/c1-17(2)10-6-9-8-14(16,13(18)19)12(11(9)7-10)4-3-5-15(20)21/h9-12,20-21H,3-8,16H2,1-2H3,(H,18,19)/t9-,10-,11-,12+,14+/m1/s1. The van der Waals surface area contributed by atoms with Crippen LogP contribution in [-0.2, 0) is 4.79 Å². The van der Waals surface area contributed by atoms with Gasteiger partial charge in [0.2, 0.25) is 0 Å². The SMILES string of the molecule is CN(C)[C@@H]1C[C@@H]2C[C@@](N)(C(=O)O)[C@@H](CCCB(O)O)[C@@H]2C1. The molecule has 0 radical (unpaired) electrons. The maximum atomic E-state index is 11.6. The van der Waals surface area contributed by atoms with Gasteiger partial charge in [-0.1, -0.05) is 6.42 Å². The van der Waals surface area contributed by atoms with Gasteiger partial charge < -0.3 is 25.8 Å². The third kappa shape index (κ3) is 3.26. The van der Waals surface area contributed by atoms with Crippen LogP contribution in [0.1, 0.15) is 32.1 Å². The van der Waals surface area contributed by atoms with Crippen LogP contribution in [0, 0.1) is 17.8 Å². The van der Waals surface area contributed by atoms with Gasteiger partial charge in [0.25, 0.3) is 0 Å². The zero-order chi connectivity index (χ0) is 15.8. The first-order valence-corrected chi connectivity index (χ1v) is 7.80. The highest BCUT2D eigenvalue weighted by molar-refractivity contribution is 6.40. The molecule has 5 N–H and O–H groups in total. The van der Waals surface area contributed by atoms with E-state index in [4.69, 9.17) is 15.8 Å². The molecule has 0 bridgehead atoms. The van der Waals surface area contributed by atoms with Crippen molar-refractivity contribution in [1.29, 1.82) is 0 Å². The molecule has 0 aromatic carbocycles. The van der Waals surface area contributed by atoms with Gasteiger partial charge in [0.05, 0.1) is 0 Å². The van der Waals surface area contributed by atoms with Gasteiger partial charge in [0.15, 0.2) is 0 Å². The monoisotopic (exact) mass is 298 g/mol. The van der Waals surface area contributed by atoms with Crippen LogP contribution in [0.4, 0.5) is 0 Å². The van der Waals surface area contributed by atoms with E-state index in [1.165, 1.54) is 0 Å². The van der Waals surface area contributed by atoms with E-state index in [9.17, 15) is 9.90 Å². The molecule has 2 aliphatic rings. The van der Waals surface area contributed by atoms with Crippen molar-refractivity contribution in [1.82, 2.24) is 4.90 Å². The highest BCUT2D eigenvalue weighted by Gasteiger charge is 2.58. The number of nitrogens with two attached hydrogens (primary N) is 1. The molecule has 0 unspecified atom stereocenters. The number of hydrogen-bond donors (Lipinski definition) is 4. The minimum absolute atomic E-state index is 0.0660. The van der Waals surface area contributed by atoms with Crippen molar-refractivity contribution in [3.05, 3.63) is 0 Å². The van der Waals surface area contributed by atoms with Gasteiger partial charge in [0.1, 0.15) is 5.54 Å². The molecular formula is C14H27BN2O4. The van der Waals surface area contributed by atoms with Crippen LogP contribution in [0.15, 0.2) is 0 Å². The van der Waals surface area contributed by atoms with Crippen molar-refractivity contribution >= 4 is 13.1 Å². The molecule has 5 atom stereocenters. The summed E-state index contributed by atoms with van der Waals surface area (Å²) in [4.78, 5) is 13.9. The van der Waals surface area contributed by atoms with Crippen LogP contribution in [0.5, 0.6) is 0 Å². The quantitative estimate of drug-likeness (QED) is 0.514. The van der Waals surface area contributed by atoms with Crippen molar-refractivity contribution in [3.8, 4) is 0 Å². The van der Waals surface area contributed by atoms with Crippen molar-refractivity contribution in [2.75, 3.05) is 14.1 Å². The third-order valence-electron chi connectivity index (χ3n) is 5.61. The molecule has 0 aromatic rings. The summed E-state index contributed by atoms with van der Waals surface area (Å²) >= 11 is 0. The summed E-state index contributed by atoms with van der Waals surface area (Å²) in [6.45, 7) is 0. The van der Waals surface area contributed by atoms with Crippen molar-refractivity contribution in [3.63, 3.8) is 0 Å². The Bertz CT molecular complexity index is 393. The normalized spacial score (nSPS) is 38.8. The fraction of sp³-hybridized carbons (Fsp3) is 0.929. The van der Waals surface area contributed by atoms with Gasteiger partial charge in [-0.2, -0.15) is 0 Å². The van der Waals surface area contributed by atoms with Crippen LogP contribution in [0.3, 0.4) is 0 Å². The number of carboxylic acid groups (broad SMARTS) is 1. The van der Waals surface area contributed by atoms with Crippen molar-refractivity contribution in [2.24, 2.45) is 23.5 Å². The molecule has 2 aliphatic carbocycles. The van der Waals surface area contributed by atoms with E-state index in [2.05, 4.69) is 19.0 Å². The molecule has 2 rings (SSSR count). The molecule has 21 heavy (non-hydrogen) atoms. The molecule has 0 spiro atoms. The van der Waals surface area contributed by atoms with Crippen LogP contribution in [0.25, 0.3) is 0 Å². The van der Waals surface area contributed by atoms with Gasteiger partial charge in [-0.05, 0) is 63.9 Å². The number of aliphatic carboxylic acids is 1. The number of carbonyl (C=O) groups is 1. The number of hydrogen-bond acceptors (Lipinski definition) is 5. The Morgan fingerprint density at radius 1 is 1.38 bits per heavy atom. The van der Waals surface area contributed by atoms with Gasteiger partial charge >= 0.3 is 13.1 Å². The smallest absolute Gasteiger partial charge is 0.451 e. The lowest BCUT2D eigenvalue weighted by Gasteiger charge is -2.31. The summed E-state index contributed by atoms with van der Waals surface area (Å²) in [5.41, 5.74) is 5.09. The topological polar surface area (TPSA) is 107 Å². The van der Waals surface area contributed by atoms with Gasteiger partial charge in [0, 0.05) is 6.04 Å². The fourth-order valence-electron chi connectivity index (χ4n) is 4.48. The molecule has 0 aliphatic heterocycles. The van der Waals surface area contributed by atoms with E-state index < -0.39 is 18.6 Å². The Morgan fingerprint density at radius 2 is 2.05 bits per heavy atom. The molecule has 120 valence electrons. The van der Waals surface area contributed by atoms with Gasteiger partial charge in [-0.15, -0.1) is 0 Å². The first-order valence-electron chi connectivity index (χ1n) is 7.80. The molecule has 2 fully saturated rings. The zero-order valence-corrected chi connectivity index (χ0v) is 12.9. The number of carboxylic acids is 1. The summed E-state index contributed by atoms with van der Waals surface area (Å²) in [5, 5.41) is 27.5. The Labute approximate surface area is 126 Å². The van der Waals surface area contributed by atoms with Gasteiger partial charge in [-0.25, -0.2) is 0 Å². The molecule has 6 nitrogen and oxygen atoms in total. The summed E-state index contributed by atoms with van der Waals surface area (Å²) in [6.07, 6.45) is 4.09. The first-order chi connectivity index (χ1) is 9.75. The molecule has 0 heterocycles. The zero-order valence-electron chi connectivity index (χ0n) is 12.9. The second-order valence-electron chi connectivity index (χ2n) is 7.08. The first kappa shape index (κ1) is 16.7. The molecular weight excluding hydrogens is 271 g/mol.